The number of nitrogens with zero attached hydrogens (tertiary/aromatic N) is 3. The number of alkyl halides is 2. The average molecular weight is 245 g/mol. The topological polar surface area (TPSA) is 70.7 Å². The van der Waals surface area contributed by atoms with Crippen molar-refractivity contribution in [1.29, 1.82) is 5.26 Å². The van der Waals surface area contributed by atoms with E-state index in [0.717, 1.165) is 0 Å². The molecular weight excluding hydrogens is 235 g/mol. The maximum Gasteiger partial charge on any atom is 0.275 e. The van der Waals surface area contributed by atoms with Crippen LogP contribution in [0, 0.1) is 18.3 Å². The van der Waals surface area contributed by atoms with Crippen LogP contribution in [-0.4, -0.2) is 21.3 Å². The molecule has 1 N–H and O–H groups in total. The lowest BCUT2D eigenvalue weighted by atomic mass is 10.4. The van der Waals surface area contributed by atoms with Crippen molar-refractivity contribution in [2.24, 2.45) is 0 Å². The zero-order valence-electron chi connectivity index (χ0n) is 8.57. The first-order valence-electron chi connectivity index (χ1n) is 4.55. The minimum atomic E-state index is -2.10. The van der Waals surface area contributed by atoms with Crippen LogP contribution in [0.4, 0.5) is 10.2 Å². The zero-order chi connectivity index (χ0) is 12.1. The molecule has 1 unspecified atom stereocenters. The summed E-state index contributed by atoms with van der Waals surface area (Å²) in [5.74, 6) is -0.610. The third-order valence-electron chi connectivity index (χ3n) is 1.79. The lowest BCUT2D eigenvalue weighted by Crippen LogP contribution is -2.21. The van der Waals surface area contributed by atoms with Crippen molar-refractivity contribution in [1.82, 2.24) is 9.78 Å². The molecular formula is C9H10ClFN4O. The first-order chi connectivity index (χ1) is 7.54. The van der Waals surface area contributed by atoms with Crippen LogP contribution in [0.25, 0.3) is 0 Å². The normalized spacial score (nSPS) is 11.9. The van der Waals surface area contributed by atoms with Crippen molar-refractivity contribution in [2.75, 3.05) is 5.32 Å². The Morgan fingerprint density at radius 2 is 2.56 bits per heavy atom. The molecule has 0 saturated heterocycles. The van der Waals surface area contributed by atoms with Gasteiger partial charge in [0.25, 0.3) is 11.5 Å². The highest BCUT2D eigenvalue weighted by atomic mass is 35.5. The molecule has 86 valence electrons. The number of hydrogen-bond acceptors (Lipinski definition) is 3. The Labute approximate surface area is 96.8 Å². The second kappa shape index (κ2) is 5.47. The van der Waals surface area contributed by atoms with Gasteiger partial charge in [0.05, 0.1) is 24.7 Å². The molecule has 0 aliphatic heterocycles. The van der Waals surface area contributed by atoms with Gasteiger partial charge in [-0.15, -0.1) is 0 Å². The van der Waals surface area contributed by atoms with Crippen molar-refractivity contribution in [3.05, 3.63) is 11.8 Å². The number of carbonyl (C=O) groups excluding carboxylic acids is 1. The van der Waals surface area contributed by atoms with Gasteiger partial charge in [0.15, 0.2) is 0 Å². The van der Waals surface area contributed by atoms with Gasteiger partial charge in [-0.1, -0.05) is 11.6 Å². The minimum Gasteiger partial charge on any atom is -0.307 e. The summed E-state index contributed by atoms with van der Waals surface area (Å²) >= 11 is 4.98. The Balaban J connectivity index is 2.79. The molecule has 0 saturated carbocycles. The van der Waals surface area contributed by atoms with Gasteiger partial charge in [-0.05, 0) is 6.92 Å². The molecule has 16 heavy (non-hydrogen) atoms. The van der Waals surface area contributed by atoms with Crippen molar-refractivity contribution >= 4 is 23.3 Å². The number of amides is 1. The summed E-state index contributed by atoms with van der Waals surface area (Å²) in [7, 11) is 0. The van der Waals surface area contributed by atoms with E-state index in [-0.39, 0.29) is 6.42 Å². The molecule has 0 aliphatic rings. The summed E-state index contributed by atoms with van der Waals surface area (Å²) in [6.07, 6.45) is 0.254. The summed E-state index contributed by atoms with van der Waals surface area (Å²) in [6, 6.07) is 3.53. The first-order valence-corrected chi connectivity index (χ1v) is 4.98. The van der Waals surface area contributed by atoms with Gasteiger partial charge in [0.2, 0.25) is 0 Å². The van der Waals surface area contributed by atoms with Crippen molar-refractivity contribution in [3.8, 4) is 6.07 Å². The number of aromatic nitrogens is 2. The van der Waals surface area contributed by atoms with Crippen molar-refractivity contribution < 1.29 is 9.18 Å². The predicted molar refractivity (Wildman–Crippen MR) is 56.6 cm³/mol. The fourth-order valence-corrected chi connectivity index (χ4v) is 1.21. The molecule has 0 fully saturated rings. The number of halogens is 2. The molecule has 1 amide bonds. The van der Waals surface area contributed by atoms with E-state index in [4.69, 9.17) is 16.9 Å². The number of hydrogen-bond donors (Lipinski definition) is 1. The van der Waals surface area contributed by atoms with E-state index in [1.165, 1.54) is 4.68 Å². The maximum absolute atomic E-state index is 12.4. The molecule has 1 aromatic heterocycles. The predicted octanol–water partition coefficient (Wildman–Crippen LogP) is 1.58. The maximum atomic E-state index is 12.4. The third-order valence-corrected chi connectivity index (χ3v) is 1.99. The molecule has 1 heterocycles. The average Bonchev–Trinajstić information content (AvgIpc) is 2.55. The van der Waals surface area contributed by atoms with Crippen LogP contribution in [-0.2, 0) is 11.3 Å². The molecule has 1 aromatic rings. The third kappa shape index (κ3) is 3.21. The van der Waals surface area contributed by atoms with Gasteiger partial charge in [-0.2, -0.15) is 10.4 Å². The van der Waals surface area contributed by atoms with Crippen LogP contribution in [0.2, 0.25) is 0 Å². The smallest absolute Gasteiger partial charge is 0.275 e. The fourth-order valence-electron chi connectivity index (χ4n) is 1.15. The van der Waals surface area contributed by atoms with E-state index in [0.29, 0.717) is 18.1 Å². The monoisotopic (exact) mass is 244 g/mol. The van der Waals surface area contributed by atoms with Crippen LogP contribution in [0.3, 0.4) is 0 Å². The quantitative estimate of drug-likeness (QED) is 0.818. The van der Waals surface area contributed by atoms with Gasteiger partial charge >= 0.3 is 0 Å². The molecule has 1 atom stereocenters. The fraction of sp³-hybridized carbons (Fsp3) is 0.444. The van der Waals surface area contributed by atoms with E-state index in [2.05, 4.69) is 10.4 Å². The number of nitrogens with one attached hydrogen (secondary N) is 1. The zero-order valence-corrected chi connectivity index (χ0v) is 9.33. The number of nitriles is 1. The van der Waals surface area contributed by atoms with Gasteiger partial charge in [-0.25, -0.2) is 9.07 Å². The summed E-state index contributed by atoms with van der Waals surface area (Å²) in [5, 5.41) is 14.8. The molecule has 0 spiro atoms. The highest BCUT2D eigenvalue weighted by molar-refractivity contribution is 6.31. The molecule has 0 aromatic carbocycles. The second-order valence-electron chi connectivity index (χ2n) is 3.09. The largest absolute Gasteiger partial charge is 0.307 e. The lowest BCUT2D eigenvalue weighted by Gasteiger charge is -2.06. The molecule has 0 radical (unpaired) electrons. The molecule has 0 aliphatic carbocycles. The Hall–Kier alpha value is -1.61. The second-order valence-corrected chi connectivity index (χ2v) is 3.48. The number of rotatable bonds is 4. The number of aryl methyl sites for hydroxylation is 2. The van der Waals surface area contributed by atoms with E-state index in [1.54, 1.807) is 13.0 Å². The van der Waals surface area contributed by atoms with Crippen LogP contribution >= 0.6 is 11.6 Å². The molecule has 0 bridgehead atoms. The SMILES string of the molecule is Cc1cc(NC(=O)C(F)Cl)n(CCC#N)n1. The Bertz CT molecular complexity index is 424. The van der Waals surface area contributed by atoms with Gasteiger partial charge in [-0.3, -0.25) is 4.79 Å². The van der Waals surface area contributed by atoms with E-state index >= 15 is 0 Å². The summed E-state index contributed by atoms with van der Waals surface area (Å²) in [5.41, 5.74) is -1.43. The summed E-state index contributed by atoms with van der Waals surface area (Å²) < 4.78 is 13.9. The van der Waals surface area contributed by atoms with E-state index in [9.17, 15) is 9.18 Å². The Kier molecular flexibility index (Phi) is 4.26. The van der Waals surface area contributed by atoms with E-state index < -0.39 is 11.5 Å². The number of anilines is 1. The van der Waals surface area contributed by atoms with Gasteiger partial charge in [0, 0.05) is 6.07 Å². The standard InChI is InChI=1S/C9H10ClFN4O/c1-6-5-7(13-9(16)8(10)11)15(14-6)4-2-3-12/h5,8H,2,4H2,1H3,(H,13,16). The van der Waals surface area contributed by atoms with Crippen molar-refractivity contribution in [3.63, 3.8) is 0 Å². The highest BCUT2D eigenvalue weighted by Gasteiger charge is 2.15. The molecule has 1 rings (SSSR count). The van der Waals surface area contributed by atoms with Crippen LogP contribution in [0.5, 0.6) is 0 Å². The minimum absolute atomic E-state index is 0.254. The first kappa shape index (κ1) is 12.5. The van der Waals surface area contributed by atoms with Crippen molar-refractivity contribution in [2.45, 2.75) is 25.5 Å². The van der Waals surface area contributed by atoms with E-state index in [1.807, 2.05) is 6.07 Å². The summed E-state index contributed by atoms with van der Waals surface area (Å²) in [4.78, 5) is 11.0. The van der Waals surface area contributed by atoms with Gasteiger partial charge < -0.3 is 5.32 Å². The van der Waals surface area contributed by atoms with Crippen LogP contribution in [0.1, 0.15) is 12.1 Å². The Morgan fingerprint density at radius 1 is 1.88 bits per heavy atom. The van der Waals surface area contributed by atoms with Crippen LogP contribution in [0.15, 0.2) is 6.07 Å². The molecule has 5 nitrogen and oxygen atoms in total. The Morgan fingerprint density at radius 3 is 3.12 bits per heavy atom. The lowest BCUT2D eigenvalue weighted by molar-refractivity contribution is -0.118. The van der Waals surface area contributed by atoms with Crippen LogP contribution < -0.4 is 5.32 Å². The molecule has 7 heteroatoms. The summed E-state index contributed by atoms with van der Waals surface area (Å²) in [6.45, 7) is 2.06. The highest BCUT2D eigenvalue weighted by Crippen LogP contribution is 2.12. The van der Waals surface area contributed by atoms with Gasteiger partial charge in [0.1, 0.15) is 5.82 Å². The number of carbonyl (C=O) groups is 1.